The first-order chi connectivity index (χ1) is 13.7. The average Bonchev–Trinajstić information content (AvgIpc) is 3.27. The molecule has 1 heterocycles. The molecule has 29 heavy (non-hydrogen) atoms. The highest BCUT2D eigenvalue weighted by atomic mass is 32.1. The van der Waals surface area contributed by atoms with Gasteiger partial charge in [-0.1, -0.05) is 6.08 Å². The van der Waals surface area contributed by atoms with Crippen LogP contribution in [0.4, 0.5) is 22.0 Å². The monoisotopic (exact) mass is 432 g/mol. The molecule has 0 fully saturated rings. The second kappa shape index (κ2) is 8.52. The van der Waals surface area contributed by atoms with Gasteiger partial charge >= 0.3 is 12.1 Å². The Balaban J connectivity index is 1.86. The van der Waals surface area contributed by atoms with Crippen LogP contribution in [0.3, 0.4) is 0 Å². The predicted octanol–water partition coefficient (Wildman–Crippen LogP) is 6.21. The second-order valence-electron chi connectivity index (χ2n) is 6.65. The normalized spacial score (nSPS) is 14.2. The quantitative estimate of drug-likeness (QED) is 0.529. The van der Waals surface area contributed by atoms with Crippen molar-refractivity contribution >= 4 is 22.9 Å². The molecule has 0 bridgehead atoms. The van der Waals surface area contributed by atoms with E-state index >= 15 is 0 Å². The number of hydrogen-bond donors (Lipinski definition) is 1. The molecule has 3 nitrogen and oxygen atoms in total. The second-order valence-corrected chi connectivity index (χ2v) is 7.53. The number of rotatable bonds is 7. The molecular formula is C20H17F5O3S. The molecule has 0 atom stereocenters. The molecule has 156 valence electrons. The lowest BCUT2D eigenvalue weighted by Gasteiger charge is -2.14. The highest BCUT2D eigenvalue weighted by molar-refractivity contribution is 7.10. The van der Waals surface area contributed by atoms with Crippen LogP contribution in [0.25, 0.3) is 5.57 Å². The first-order valence-corrected chi connectivity index (χ1v) is 9.74. The Labute approximate surface area is 167 Å². The first kappa shape index (κ1) is 21.3. The molecule has 1 aliphatic carbocycles. The van der Waals surface area contributed by atoms with E-state index in [0.29, 0.717) is 23.3 Å². The largest absolute Gasteiger partial charge is 0.483 e. The van der Waals surface area contributed by atoms with Gasteiger partial charge in [-0.05, 0) is 59.9 Å². The summed E-state index contributed by atoms with van der Waals surface area (Å²) in [6, 6.07) is 1.86. The number of hydrogen-bond acceptors (Lipinski definition) is 3. The summed E-state index contributed by atoms with van der Waals surface area (Å²) in [5, 5.41) is 10.1. The summed E-state index contributed by atoms with van der Waals surface area (Å²) in [4.78, 5) is 9.74. The van der Waals surface area contributed by atoms with Crippen molar-refractivity contribution in [3.8, 4) is 5.75 Å². The van der Waals surface area contributed by atoms with E-state index in [1.165, 1.54) is 5.38 Å². The zero-order valence-corrected chi connectivity index (χ0v) is 15.9. The van der Waals surface area contributed by atoms with E-state index in [9.17, 15) is 26.7 Å². The SMILES string of the molecule is O=C(O)CCc1cc(F)c(OCc2c(C3=CCCC3)csc2C(F)(F)F)c(F)c1. The van der Waals surface area contributed by atoms with Crippen molar-refractivity contribution < 1.29 is 36.6 Å². The fourth-order valence-electron chi connectivity index (χ4n) is 3.24. The lowest BCUT2D eigenvalue weighted by atomic mass is 10.0. The van der Waals surface area contributed by atoms with Crippen molar-refractivity contribution in [2.45, 2.75) is 44.9 Å². The summed E-state index contributed by atoms with van der Waals surface area (Å²) in [6.45, 7) is -0.632. The van der Waals surface area contributed by atoms with Crippen LogP contribution in [-0.4, -0.2) is 11.1 Å². The Kier molecular flexibility index (Phi) is 6.26. The number of carboxylic acids is 1. The topological polar surface area (TPSA) is 46.5 Å². The van der Waals surface area contributed by atoms with Gasteiger partial charge in [-0.15, -0.1) is 11.3 Å². The number of carboxylic acid groups (broad SMARTS) is 1. The minimum absolute atomic E-state index is 0.0789. The summed E-state index contributed by atoms with van der Waals surface area (Å²) >= 11 is 0.536. The maximum atomic E-state index is 14.3. The molecule has 1 aliphatic rings. The zero-order chi connectivity index (χ0) is 21.2. The minimum Gasteiger partial charge on any atom is -0.483 e. The highest BCUT2D eigenvalue weighted by Crippen LogP contribution is 2.42. The van der Waals surface area contributed by atoms with Gasteiger partial charge in [0.2, 0.25) is 0 Å². The number of aliphatic carboxylic acids is 1. The van der Waals surface area contributed by atoms with E-state index in [1.54, 1.807) is 0 Å². The van der Waals surface area contributed by atoms with Gasteiger partial charge < -0.3 is 9.84 Å². The molecule has 0 radical (unpaired) electrons. The Morgan fingerprint density at radius 3 is 2.45 bits per heavy atom. The fourth-order valence-corrected chi connectivity index (χ4v) is 4.21. The van der Waals surface area contributed by atoms with Gasteiger partial charge in [0.1, 0.15) is 11.5 Å². The summed E-state index contributed by atoms with van der Waals surface area (Å²) in [5.74, 6) is -4.07. The van der Waals surface area contributed by atoms with Crippen LogP contribution < -0.4 is 4.74 Å². The smallest absolute Gasteiger partial charge is 0.426 e. The fraction of sp³-hybridized carbons (Fsp3) is 0.350. The van der Waals surface area contributed by atoms with Gasteiger partial charge in [0.15, 0.2) is 17.4 Å². The summed E-state index contributed by atoms with van der Waals surface area (Å²) in [6.07, 6.45) is -0.863. The van der Waals surface area contributed by atoms with E-state index in [4.69, 9.17) is 9.84 Å². The Morgan fingerprint density at radius 2 is 1.90 bits per heavy atom. The molecule has 1 aromatic heterocycles. The van der Waals surface area contributed by atoms with E-state index < -0.39 is 41.0 Å². The molecule has 0 amide bonds. The van der Waals surface area contributed by atoms with Crippen molar-refractivity contribution in [3.05, 3.63) is 56.8 Å². The van der Waals surface area contributed by atoms with Crippen LogP contribution in [-0.2, 0) is 24.0 Å². The van der Waals surface area contributed by atoms with Crippen LogP contribution in [0, 0.1) is 11.6 Å². The number of aryl methyl sites for hydroxylation is 1. The van der Waals surface area contributed by atoms with Crippen LogP contribution in [0.2, 0.25) is 0 Å². The molecular weight excluding hydrogens is 415 g/mol. The Hall–Kier alpha value is -2.42. The molecule has 0 saturated heterocycles. The first-order valence-electron chi connectivity index (χ1n) is 8.86. The van der Waals surface area contributed by atoms with Gasteiger partial charge in [0.25, 0.3) is 0 Å². The lowest BCUT2D eigenvalue weighted by molar-refractivity contribution is -0.137. The summed E-state index contributed by atoms with van der Waals surface area (Å²) in [7, 11) is 0. The molecule has 2 aromatic rings. The van der Waals surface area contributed by atoms with Crippen LogP contribution in [0.1, 0.15) is 47.3 Å². The summed E-state index contributed by atoms with van der Waals surface area (Å²) in [5.41, 5.74) is 1.17. The number of halogens is 5. The van der Waals surface area contributed by atoms with Crippen LogP contribution in [0.15, 0.2) is 23.6 Å². The lowest BCUT2D eigenvalue weighted by Crippen LogP contribution is -2.10. The number of alkyl halides is 3. The molecule has 0 saturated carbocycles. The minimum atomic E-state index is -4.60. The number of thiophene rings is 1. The molecule has 1 N–H and O–H groups in total. The van der Waals surface area contributed by atoms with Gasteiger partial charge in [0, 0.05) is 12.0 Å². The van der Waals surface area contributed by atoms with E-state index in [-0.39, 0.29) is 24.0 Å². The van der Waals surface area contributed by atoms with Crippen molar-refractivity contribution in [2.24, 2.45) is 0 Å². The molecule has 3 rings (SSSR count). The van der Waals surface area contributed by atoms with Crippen LogP contribution in [0.5, 0.6) is 5.75 Å². The molecule has 0 aliphatic heterocycles. The van der Waals surface area contributed by atoms with Gasteiger partial charge in [0.05, 0.1) is 0 Å². The van der Waals surface area contributed by atoms with Crippen LogP contribution >= 0.6 is 11.3 Å². The van der Waals surface area contributed by atoms with Gasteiger partial charge in [-0.25, -0.2) is 8.78 Å². The van der Waals surface area contributed by atoms with E-state index in [0.717, 1.165) is 30.5 Å². The third-order valence-corrected chi connectivity index (χ3v) is 5.65. The predicted molar refractivity (Wildman–Crippen MR) is 97.8 cm³/mol. The number of benzene rings is 1. The third-order valence-electron chi connectivity index (χ3n) is 4.58. The Bertz CT molecular complexity index is 923. The van der Waals surface area contributed by atoms with Crippen molar-refractivity contribution in [1.29, 1.82) is 0 Å². The standard InChI is InChI=1S/C20H17F5O3S/c21-15-7-11(5-6-17(26)27)8-16(22)18(15)28-9-13-14(12-3-1-2-4-12)10-29-19(13)20(23,24)25/h3,7-8,10H,1-2,4-6,9H2,(H,26,27). The van der Waals surface area contributed by atoms with E-state index in [1.807, 2.05) is 6.08 Å². The molecule has 0 spiro atoms. The molecule has 1 aromatic carbocycles. The maximum Gasteiger partial charge on any atom is 0.426 e. The Morgan fingerprint density at radius 1 is 1.21 bits per heavy atom. The van der Waals surface area contributed by atoms with Crippen molar-refractivity contribution in [2.75, 3.05) is 0 Å². The molecule has 0 unspecified atom stereocenters. The highest BCUT2D eigenvalue weighted by Gasteiger charge is 2.37. The number of allylic oxidation sites excluding steroid dienone is 2. The average molecular weight is 432 g/mol. The van der Waals surface area contributed by atoms with Gasteiger partial charge in [-0.3, -0.25) is 4.79 Å². The van der Waals surface area contributed by atoms with E-state index in [2.05, 4.69) is 0 Å². The summed E-state index contributed by atoms with van der Waals surface area (Å²) < 4.78 is 73.8. The third kappa shape index (κ3) is 4.95. The van der Waals surface area contributed by atoms with Gasteiger partial charge in [-0.2, -0.15) is 13.2 Å². The molecule has 9 heteroatoms. The maximum absolute atomic E-state index is 14.3. The zero-order valence-electron chi connectivity index (χ0n) is 15.1. The number of carbonyl (C=O) groups is 1. The van der Waals surface area contributed by atoms with Crippen molar-refractivity contribution in [3.63, 3.8) is 0 Å². The number of ether oxygens (including phenoxy) is 1. The van der Waals surface area contributed by atoms with Crippen molar-refractivity contribution in [1.82, 2.24) is 0 Å².